The number of esters is 2. The van der Waals surface area contributed by atoms with Gasteiger partial charge < -0.3 is 31.8 Å². The van der Waals surface area contributed by atoms with Crippen molar-refractivity contribution in [3.8, 4) is 23.1 Å². The van der Waals surface area contributed by atoms with Gasteiger partial charge in [0, 0.05) is 40.1 Å². The van der Waals surface area contributed by atoms with Crippen molar-refractivity contribution in [2.24, 2.45) is 0 Å². The van der Waals surface area contributed by atoms with Gasteiger partial charge in [0.05, 0.1) is 41.8 Å². The Labute approximate surface area is 328 Å². The van der Waals surface area contributed by atoms with E-state index in [1.165, 1.54) is 17.7 Å². The van der Waals surface area contributed by atoms with Gasteiger partial charge in [0.25, 0.3) is 5.82 Å². The number of nitrogens with zero attached hydrogens (tertiary/aromatic N) is 4. The maximum Gasteiger partial charge on any atom is 0.490 e. The Bertz CT molecular complexity index is 2160. The van der Waals surface area contributed by atoms with Crippen LogP contribution in [0, 0.1) is 36.8 Å². The number of hydrogen-bond donors (Lipinski definition) is 2. The number of benzene rings is 3. The summed E-state index contributed by atoms with van der Waals surface area (Å²) in [6.45, 7) is 7.46. The number of carbonyl (C=O) groups is 2. The molecule has 17 heteroatoms. The zero-order valence-corrected chi connectivity index (χ0v) is 32.5. The molecule has 2 heterocycles. The van der Waals surface area contributed by atoms with E-state index < -0.39 is 53.8 Å². The topological polar surface area (TPSA) is 134 Å². The van der Waals surface area contributed by atoms with E-state index in [1.807, 2.05) is 19.9 Å². The summed E-state index contributed by atoms with van der Waals surface area (Å²) in [5.41, 5.74) is 0.864. The minimum atomic E-state index is -5.45. The molecule has 0 amide bonds. The van der Waals surface area contributed by atoms with Crippen LogP contribution in [0.5, 0.6) is 5.75 Å². The largest absolute Gasteiger partial charge is 1.00 e. The Morgan fingerprint density at radius 1 is 1.05 bits per heavy atom. The lowest BCUT2D eigenvalue weighted by Gasteiger charge is -2.33. The van der Waals surface area contributed by atoms with Crippen LogP contribution in [0.15, 0.2) is 66.3 Å². The van der Waals surface area contributed by atoms with Crippen LogP contribution in [-0.2, 0) is 39.3 Å². The summed E-state index contributed by atoms with van der Waals surface area (Å²) in [6.07, 6.45) is -5.01. The lowest BCUT2D eigenvalue weighted by molar-refractivity contribution is -0.696. The first-order chi connectivity index (χ1) is 25.6. The van der Waals surface area contributed by atoms with Crippen LogP contribution in [0.2, 0.25) is 0 Å². The fourth-order valence-electron chi connectivity index (χ4n) is 5.91. The van der Waals surface area contributed by atoms with Crippen LogP contribution < -0.4 is 31.6 Å². The highest BCUT2D eigenvalue weighted by Gasteiger charge is 2.49. The van der Waals surface area contributed by atoms with Gasteiger partial charge in [0.1, 0.15) is 17.4 Å². The first-order valence-corrected chi connectivity index (χ1v) is 17.6. The van der Waals surface area contributed by atoms with E-state index in [4.69, 9.17) is 14.7 Å². The number of ether oxygens (including phenoxy) is 2. The van der Waals surface area contributed by atoms with Crippen molar-refractivity contribution in [2.45, 2.75) is 71.3 Å². The number of nitriles is 1. The van der Waals surface area contributed by atoms with E-state index in [1.54, 1.807) is 60.2 Å². The number of aromatic nitrogens is 4. The molecule has 55 heavy (non-hydrogen) atoms. The third-order valence-corrected chi connectivity index (χ3v) is 9.38. The molecule has 0 aliphatic heterocycles. The third kappa shape index (κ3) is 10.8. The fraction of sp³-hybridized carbons (Fsp3) is 0.316. The van der Waals surface area contributed by atoms with E-state index in [9.17, 15) is 27.2 Å². The second-order valence-corrected chi connectivity index (χ2v) is 13.9. The molecule has 0 aliphatic rings. The summed E-state index contributed by atoms with van der Waals surface area (Å²) in [5.74, 6) is -4.74. The van der Waals surface area contributed by atoms with E-state index in [2.05, 4.69) is 20.5 Å². The molecule has 0 spiro atoms. The molecule has 0 saturated heterocycles. The van der Waals surface area contributed by atoms with Crippen molar-refractivity contribution < 1.29 is 62.6 Å². The number of aromatic amines is 1. The summed E-state index contributed by atoms with van der Waals surface area (Å²) >= 11 is 1.19. The number of H-pyrrole nitrogens is 1. The molecule has 10 nitrogen and oxygen atoms in total. The highest BCUT2D eigenvalue weighted by Crippen LogP contribution is 2.39. The molecule has 5 rings (SSSR count). The van der Waals surface area contributed by atoms with Gasteiger partial charge in [0.15, 0.2) is 5.60 Å². The van der Waals surface area contributed by atoms with Crippen molar-refractivity contribution in [1.82, 2.24) is 20.5 Å². The van der Waals surface area contributed by atoms with Crippen LogP contribution in [0.25, 0.3) is 11.3 Å². The fourth-order valence-corrected chi connectivity index (χ4v) is 6.72. The van der Waals surface area contributed by atoms with Gasteiger partial charge in [-0.2, -0.15) is 18.4 Å². The molecule has 0 fully saturated rings. The average molecular weight is 848 g/mol. The average Bonchev–Trinajstić information content (AvgIpc) is 3.77. The Morgan fingerprint density at radius 2 is 1.75 bits per heavy atom. The molecular weight excluding hydrogens is 811 g/mol. The molecule has 0 aliphatic carbocycles. The Hall–Kier alpha value is -5.05. The number of rotatable bonds is 14. The normalized spacial score (nSPS) is 12.5. The van der Waals surface area contributed by atoms with Gasteiger partial charge in [-0.15, -0.1) is 16.4 Å². The minimum Gasteiger partial charge on any atom is -1.00 e. The number of thiazole rings is 1. The Kier molecular flexibility index (Phi) is 14.0. The van der Waals surface area contributed by atoms with E-state index in [0.29, 0.717) is 50.3 Å². The molecule has 5 aromatic rings. The number of halogens is 6. The van der Waals surface area contributed by atoms with Crippen LogP contribution in [0.1, 0.15) is 58.9 Å². The molecule has 1 atom stereocenters. The zero-order chi connectivity index (χ0) is 39.2. The Balaban J connectivity index is 0.00000673. The van der Waals surface area contributed by atoms with Crippen LogP contribution in [-0.4, -0.2) is 45.9 Å². The highest BCUT2D eigenvalue weighted by molar-refractivity contribution is 7.09. The molecule has 290 valence electrons. The molecular formula is C38H36BrF5N6O4S. The second kappa shape index (κ2) is 18.1. The van der Waals surface area contributed by atoms with E-state index in [-0.39, 0.29) is 48.4 Å². The van der Waals surface area contributed by atoms with E-state index in [0.717, 1.165) is 12.1 Å². The number of carbonyl (C=O) groups excluding carboxylic acids is 2. The first kappa shape index (κ1) is 42.7. The van der Waals surface area contributed by atoms with Gasteiger partial charge >= 0.3 is 18.1 Å². The first-order valence-electron chi connectivity index (χ1n) is 16.7. The summed E-state index contributed by atoms with van der Waals surface area (Å²) < 4.78 is 83.8. The number of hydrogen-bond acceptors (Lipinski definition) is 9. The summed E-state index contributed by atoms with van der Waals surface area (Å²) in [6, 6.07) is 14.6. The smallest absolute Gasteiger partial charge is 0.490 e. The number of aryl methyl sites for hydroxylation is 3. The molecule has 1 unspecified atom stereocenters. The third-order valence-electron chi connectivity index (χ3n) is 8.47. The lowest BCUT2D eigenvalue weighted by Crippen LogP contribution is -3.00. The van der Waals surface area contributed by atoms with Crippen molar-refractivity contribution in [2.75, 3.05) is 6.54 Å². The van der Waals surface area contributed by atoms with Gasteiger partial charge in [-0.25, -0.2) is 23.1 Å². The van der Waals surface area contributed by atoms with Gasteiger partial charge in [0.2, 0.25) is 6.33 Å². The van der Waals surface area contributed by atoms with Crippen LogP contribution in [0.4, 0.5) is 22.0 Å². The predicted octanol–water partition coefficient (Wildman–Crippen LogP) is 3.72. The summed E-state index contributed by atoms with van der Waals surface area (Å²) in [5, 5.41) is 21.2. The Morgan fingerprint density at radius 3 is 2.36 bits per heavy atom. The predicted molar refractivity (Wildman–Crippen MR) is 187 cm³/mol. The number of nitrogens with one attached hydrogen (secondary N) is 2. The monoisotopic (exact) mass is 846 g/mol. The standard InChI is InChI=1S/C38H35F5N6O4S.BrH/c1-22(2)45-18-34(50)52-35-23(3)13-26(14-24(35)4)19-49-21-46-48-32(49)16-37(53-36(51)38(41,42)43,29-10-9-28(39)15-30(29)40)12-11-33-47-31(20-54-33)27-7-5-25(17-44)6-8-27;/h5-10,13-15,20-22,45H,11-12,16,18-19H2,1-4H3;1H. The minimum absolute atomic E-state index is 0. The van der Waals surface area contributed by atoms with Gasteiger partial charge in [-0.05, 0) is 73.4 Å². The summed E-state index contributed by atoms with van der Waals surface area (Å²) in [7, 11) is 0. The van der Waals surface area contributed by atoms with Crippen molar-refractivity contribution in [1.29, 1.82) is 5.26 Å². The van der Waals surface area contributed by atoms with E-state index >= 15 is 4.39 Å². The van der Waals surface area contributed by atoms with Crippen molar-refractivity contribution in [3.05, 3.63) is 117 Å². The van der Waals surface area contributed by atoms with Crippen molar-refractivity contribution in [3.63, 3.8) is 0 Å². The maximum atomic E-state index is 15.7. The summed E-state index contributed by atoms with van der Waals surface area (Å²) in [4.78, 5) is 29.6. The van der Waals surface area contributed by atoms with Gasteiger partial charge in [-0.3, -0.25) is 4.79 Å². The van der Waals surface area contributed by atoms with Crippen molar-refractivity contribution >= 4 is 23.3 Å². The second-order valence-electron chi connectivity index (χ2n) is 13.0. The van der Waals surface area contributed by atoms with Gasteiger partial charge in [-0.1, -0.05) is 26.0 Å². The number of alkyl halides is 3. The molecule has 0 saturated carbocycles. The highest BCUT2D eigenvalue weighted by atomic mass is 79.9. The van der Waals surface area contributed by atoms with Crippen LogP contribution >= 0.6 is 11.3 Å². The zero-order valence-electron chi connectivity index (χ0n) is 30.1. The quantitative estimate of drug-likeness (QED) is 0.0749. The molecule has 0 radical (unpaired) electrons. The lowest BCUT2D eigenvalue weighted by atomic mass is 9.84. The molecule has 2 aromatic heterocycles. The van der Waals surface area contributed by atoms with Crippen LogP contribution in [0.3, 0.4) is 0 Å². The molecule has 0 bridgehead atoms. The maximum absolute atomic E-state index is 15.7. The SMILES string of the molecule is Cc1cc(C[n+]2c[nH]nc2CC(CCc2nc(-c3ccc(C#N)cc3)cs2)(OC(=O)C(F)(F)F)c2ccc(F)cc2F)cc(C)c1OC(=O)CNC(C)C.[Br-]. The molecule has 2 N–H and O–H groups in total. The molecule has 3 aromatic carbocycles.